The lowest BCUT2D eigenvalue weighted by Gasteiger charge is -2.29. The Labute approximate surface area is 203 Å². The van der Waals surface area contributed by atoms with Crippen molar-refractivity contribution in [1.29, 1.82) is 0 Å². The first kappa shape index (κ1) is 20.9. The first-order valence-corrected chi connectivity index (χ1v) is 11.8. The molecular formula is C25H16ClN3O4S. The second-order valence-electron chi connectivity index (χ2n) is 8.19. The number of nitrogens with zero attached hydrogens (tertiary/aromatic N) is 2. The first-order valence-electron chi connectivity index (χ1n) is 10.6. The highest BCUT2D eigenvalue weighted by Gasteiger charge is 2.57. The molecule has 1 fully saturated rings. The molecule has 1 unspecified atom stereocenters. The summed E-state index contributed by atoms with van der Waals surface area (Å²) in [4.78, 5) is 54.1. The van der Waals surface area contributed by atoms with Gasteiger partial charge in [0.25, 0.3) is 17.7 Å². The van der Waals surface area contributed by atoms with E-state index in [4.69, 9.17) is 11.6 Å². The number of carbonyl (C=O) groups excluding carboxylic acids is 4. The molecule has 0 aliphatic carbocycles. The number of imide groups is 1. The van der Waals surface area contributed by atoms with Gasteiger partial charge in [0.05, 0.1) is 27.5 Å². The highest BCUT2D eigenvalue weighted by atomic mass is 35.5. The number of rotatable bonds is 3. The molecule has 34 heavy (non-hydrogen) atoms. The first-order chi connectivity index (χ1) is 16.4. The van der Waals surface area contributed by atoms with Crippen molar-refractivity contribution < 1.29 is 19.2 Å². The van der Waals surface area contributed by atoms with Gasteiger partial charge in [-0.3, -0.25) is 24.1 Å². The number of halogens is 1. The van der Waals surface area contributed by atoms with E-state index in [1.807, 2.05) is 24.3 Å². The number of amides is 4. The quantitative estimate of drug-likeness (QED) is 0.538. The molecule has 3 heterocycles. The lowest BCUT2D eigenvalue weighted by atomic mass is 10.1. The largest absolute Gasteiger partial charge is 0.323 e. The second kappa shape index (κ2) is 7.44. The monoisotopic (exact) mass is 489 g/mol. The standard InChI is InChI=1S/C25H16ClN3O4S/c26-17-13-14(9-10-18(17)28-22(31)15-5-1-2-6-16(15)23(28)32)27-24(33)25-12-11-21(30)29(25)19-7-3-4-8-20(19)34-25/h1-10,13H,11-12H2,(H,27,33). The van der Waals surface area contributed by atoms with Crippen LogP contribution < -0.4 is 15.1 Å². The molecule has 3 aliphatic heterocycles. The van der Waals surface area contributed by atoms with Gasteiger partial charge in [-0.25, -0.2) is 4.90 Å². The Morgan fingerprint density at radius 1 is 0.912 bits per heavy atom. The zero-order chi connectivity index (χ0) is 23.6. The van der Waals surface area contributed by atoms with E-state index in [-0.39, 0.29) is 28.9 Å². The van der Waals surface area contributed by atoms with Crippen molar-refractivity contribution in [2.45, 2.75) is 22.6 Å². The molecule has 0 bridgehead atoms. The zero-order valence-corrected chi connectivity index (χ0v) is 19.2. The van der Waals surface area contributed by atoms with Gasteiger partial charge in [0, 0.05) is 17.0 Å². The minimum absolute atomic E-state index is 0.0911. The maximum absolute atomic E-state index is 13.4. The highest BCUT2D eigenvalue weighted by Crippen LogP contribution is 2.56. The Morgan fingerprint density at radius 3 is 2.29 bits per heavy atom. The number of carbonyl (C=O) groups is 4. The van der Waals surface area contributed by atoms with Crippen molar-refractivity contribution in [3.05, 3.63) is 82.9 Å². The van der Waals surface area contributed by atoms with Crippen molar-refractivity contribution in [2.24, 2.45) is 0 Å². The molecule has 0 saturated carbocycles. The van der Waals surface area contributed by atoms with Crippen LogP contribution in [0.1, 0.15) is 33.6 Å². The Bertz CT molecular complexity index is 1410. The molecule has 9 heteroatoms. The molecule has 3 aromatic rings. The zero-order valence-electron chi connectivity index (χ0n) is 17.6. The van der Waals surface area contributed by atoms with Gasteiger partial charge in [0.2, 0.25) is 5.91 Å². The van der Waals surface area contributed by atoms with Crippen LogP contribution in [-0.4, -0.2) is 28.5 Å². The number of para-hydroxylation sites is 1. The second-order valence-corrected chi connectivity index (χ2v) is 9.92. The Hall–Kier alpha value is -3.62. The predicted octanol–water partition coefficient (Wildman–Crippen LogP) is 4.71. The van der Waals surface area contributed by atoms with Gasteiger partial charge in [-0.1, -0.05) is 47.6 Å². The molecule has 0 radical (unpaired) electrons. The number of thioether (sulfide) groups is 1. The average molecular weight is 490 g/mol. The predicted molar refractivity (Wildman–Crippen MR) is 129 cm³/mol. The third-order valence-corrected chi connectivity index (χ3v) is 8.05. The smallest absolute Gasteiger partial charge is 0.266 e. The molecular weight excluding hydrogens is 474 g/mol. The van der Waals surface area contributed by atoms with E-state index in [0.29, 0.717) is 23.2 Å². The van der Waals surface area contributed by atoms with E-state index in [0.717, 1.165) is 15.5 Å². The van der Waals surface area contributed by atoms with E-state index in [1.54, 1.807) is 35.2 Å². The Balaban J connectivity index is 1.28. The average Bonchev–Trinajstić information content (AvgIpc) is 3.43. The fraction of sp³-hybridized carbons (Fsp3) is 0.120. The molecule has 3 aromatic carbocycles. The summed E-state index contributed by atoms with van der Waals surface area (Å²) in [5.74, 6) is -1.31. The van der Waals surface area contributed by atoms with Gasteiger partial charge in [0.15, 0.2) is 4.87 Å². The van der Waals surface area contributed by atoms with Gasteiger partial charge >= 0.3 is 0 Å². The summed E-state index contributed by atoms with van der Waals surface area (Å²) in [5.41, 5.74) is 2.03. The van der Waals surface area contributed by atoms with Crippen LogP contribution >= 0.6 is 23.4 Å². The summed E-state index contributed by atoms with van der Waals surface area (Å²) < 4.78 is 0. The number of hydrogen-bond donors (Lipinski definition) is 1. The van der Waals surface area contributed by atoms with E-state index in [9.17, 15) is 19.2 Å². The molecule has 1 atom stereocenters. The van der Waals surface area contributed by atoms with Crippen LogP contribution in [0.2, 0.25) is 5.02 Å². The lowest BCUT2D eigenvalue weighted by Crippen LogP contribution is -2.49. The molecule has 0 aromatic heterocycles. The third kappa shape index (κ3) is 2.85. The van der Waals surface area contributed by atoms with Crippen molar-refractivity contribution in [3.63, 3.8) is 0 Å². The maximum Gasteiger partial charge on any atom is 0.266 e. The van der Waals surface area contributed by atoms with Crippen molar-refractivity contribution in [2.75, 3.05) is 15.1 Å². The van der Waals surface area contributed by atoms with E-state index in [1.165, 1.54) is 23.9 Å². The Kier molecular flexibility index (Phi) is 4.59. The number of fused-ring (bicyclic) bond motifs is 4. The maximum atomic E-state index is 13.4. The molecule has 0 spiro atoms. The van der Waals surface area contributed by atoms with Gasteiger partial charge in [-0.05, 0) is 48.9 Å². The van der Waals surface area contributed by atoms with Crippen LogP contribution in [-0.2, 0) is 9.59 Å². The minimum atomic E-state index is -1.06. The molecule has 1 saturated heterocycles. The van der Waals surface area contributed by atoms with Crippen molar-refractivity contribution in [1.82, 2.24) is 0 Å². The Morgan fingerprint density at radius 2 is 1.59 bits per heavy atom. The van der Waals surface area contributed by atoms with Crippen LogP contribution in [0.5, 0.6) is 0 Å². The van der Waals surface area contributed by atoms with Crippen LogP contribution in [0.15, 0.2) is 71.6 Å². The number of hydrogen-bond acceptors (Lipinski definition) is 5. The normalized spacial score (nSPS) is 20.4. The number of anilines is 3. The molecule has 1 N–H and O–H groups in total. The SMILES string of the molecule is O=C1c2ccccc2C(=O)N1c1ccc(NC(=O)C23CCC(=O)N2c2ccccc2S3)cc1Cl. The van der Waals surface area contributed by atoms with E-state index in [2.05, 4.69) is 5.32 Å². The summed E-state index contributed by atoms with van der Waals surface area (Å²) in [5, 5.41) is 3.02. The molecule has 168 valence electrons. The fourth-order valence-electron chi connectivity index (χ4n) is 4.70. The van der Waals surface area contributed by atoms with Gasteiger partial charge in [0.1, 0.15) is 0 Å². The fourth-order valence-corrected chi connectivity index (χ4v) is 6.38. The lowest BCUT2D eigenvalue weighted by molar-refractivity contribution is -0.121. The van der Waals surface area contributed by atoms with Gasteiger partial charge in [-0.15, -0.1) is 0 Å². The highest BCUT2D eigenvalue weighted by molar-refractivity contribution is 8.02. The van der Waals surface area contributed by atoms with Crippen molar-refractivity contribution >= 4 is 64.1 Å². The summed E-state index contributed by atoms with van der Waals surface area (Å²) in [6.07, 6.45) is 0.673. The summed E-state index contributed by atoms with van der Waals surface area (Å²) in [6.45, 7) is 0. The van der Waals surface area contributed by atoms with Crippen LogP contribution in [0, 0.1) is 0 Å². The summed E-state index contributed by atoms with van der Waals surface area (Å²) >= 11 is 7.83. The number of benzene rings is 3. The number of nitrogens with one attached hydrogen (secondary N) is 1. The molecule has 6 rings (SSSR count). The van der Waals surface area contributed by atoms with Gasteiger partial charge < -0.3 is 5.32 Å². The summed E-state index contributed by atoms with van der Waals surface area (Å²) in [7, 11) is 0. The minimum Gasteiger partial charge on any atom is -0.323 e. The molecule has 4 amide bonds. The molecule has 3 aliphatic rings. The van der Waals surface area contributed by atoms with Crippen molar-refractivity contribution in [3.8, 4) is 0 Å². The van der Waals surface area contributed by atoms with Crippen LogP contribution in [0.4, 0.5) is 17.1 Å². The summed E-state index contributed by atoms with van der Waals surface area (Å²) in [6, 6.07) is 18.7. The van der Waals surface area contributed by atoms with E-state index >= 15 is 0 Å². The van der Waals surface area contributed by atoms with Crippen LogP contribution in [0.3, 0.4) is 0 Å². The third-order valence-electron chi connectivity index (χ3n) is 6.27. The van der Waals surface area contributed by atoms with Crippen LogP contribution in [0.25, 0.3) is 0 Å². The van der Waals surface area contributed by atoms with Gasteiger partial charge in [-0.2, -0.15) is 0 Å². The topological polar surface area (TPSA) is 86.8 Å². The molecule has 7 nitrogen and oxygen atoms in total. The van der Waals surface area contributed by atoms with E-state index < -0.39 is 16.7 Å².